The number of amides is 2. The summed E-state index contributed by atoms with van der Waals surface area (Å²) in [6.45, 7) is 4.02. The van der Waals surface area contributed by atoms with Crippen molar-refractivity contribution in [2.75, 3.05) is 25.4 Å². The summed E-state index contributed by atoms with van der Waals surface area (Å²) in [4.78, 5) is 75.5. The van der Waals surface area contributed by atoms with Crippen molar-refractivity contribution in [1.29, 1.82) is 0 Å². The van der Waals surface area contributed by atoms with Crippen molar-refractivity contribution in [2.45, 2.75) is 57.6 Å². The molecule has 2 amide bonds. The smallest absolute Gasteiger partial charge is 0.444 e. The van der Waals surface area contributed by atoms with Crippen LogP contribution in [0.4, 0.5) is 10.6 Å². The van der Waals surface area contributed by atoms with Gasteiger partial charge in [0.05, 0.1) is 24.8 Å². The predicted molar refractivity (Wildman–Crippen MR) is 146 cm³/mol. The molecular formula is C20H32N5O16P3. The zero-order valence-corrected chi connectivity index (χ0v) is 26.1. The van der Waals surface area contributed by atoms with Gasteiger partial charge in [-0.3, -0.25) is 13.9 Å². The van der Waals surface area contributed by atoms with Crippen LogP contribution < -0.4 is 22.1 Å². The lowest BCUT2D eigenvalue weighted by Crippen LogP contribution is -2.35. The number of hydrogen-bond acceptors (Lipinski definition) is 14. The molecule has 0 aromatic carbocycles. The molecule has 1 aliphatic rings. The quantitative estimate of drug-likeness (QED) is 0.0982. The van der Waals surface area contributed by atoms with Gasteiger partial charge in [-0.15, -0.1) is 0 Å². The number of rotatable bonds is 12. The van der Waals surface area contributed by atoms with E-state index in [4.69, 9.17) is 25.0 Å². The summed E-state index contributed by atoms with van der Waals surface area (Å²) in [5.41, 5.74) is 4.20. The molecule has 24 heteroatoms. The summed E-state index contributed by atoms with van der Waals surface area (Å²) >= 11 is 0. The minimum atomic E-state index is -5.75. The van der Waals surface area contributed by atoms with Gasteiger partial charge in [-0.2, -0.15) is 13.6 Å². The second kappa shape index (κ2) is 15.1. The highest BCUT2D eigenvalue weighted by Gasteiger charge is 2.43. The lowest BCUT2D eigenvalue weighted by atomic mass is 10.2. The maximum atomic E-state index is 12.4. The van der Waals surface area contributed by atoms with E-state index >= 15 is 0 Å². The fourth-order valence-electron chi connectivity index (χ4n) is 3.25. The molecule has 21 nitrogen and oxygen atoms in total. The molecule has 0 bridgehead atoms. The van der Waals surface area contributed by atoms with E-state index in [9.17, 15) is 43.0 Å². The lowest BCUT2D eigenvalue weighted by Gasteiger charge is -2.19. The van der Waals surface area contributed by atoms with Crippen molar-refractivity contribution in [3.8, 4) is 11.8 Å². The van der Waals surface area contributed by atoms with Crippen LogP contribution in [0.5, 0.6) is 0 Å². The molecule has 0 aliphatic carbocycles. The summed E-state index contributed by atoms with van der Waals surface area (Å²) in [6, 6.07) is 0. The second-order valence-corrected chi connectivity index (χ2v) is 14.2. The predicted octanol–water partition coefficient (Wildman–Crippen LogP) is -0.800. The molecule has 44 heavy (non-hydrogen) atoms. The molecule has 1 fully saturated rings. The van der Waals surface area contributed by atoms with E-state index in [2.05, 4.69) is 40.6 Å². The first-order chi connectivity index (χ1) is 20.1. The van der Waals surface area contributed by atoms with Gasteiger partial charge in [0.15, 0.2) is 0 Å². The fraction of sp³-hybridized carbons (Fsp3) is 0.600. The van der Waals surface area contributed by atoms with Gasteiger partial charge in [-0.1, -0.05) is 11.8 Å². The number of anilines is 1. The van der Waals surface area contributed by atoms with E-state index in [1.54, 1.807) is 20.8 Å². The van der Waals surface area contributed by atoms with Gasteiger partial charge in [0, 0.05) is 25.6 Å². The fourth-order valence-corrected chi connectivity index (χ4v) is 6.28. The molecule has 2 heterocycles. The standard InChI is InChI=1S/C20H32N5O16P3/c1-20(2,3)39-19(29)23-8-6-15(27)22-7-4-5-12-10-25(18(28)24-17(12)21)16-9-13(26)14(38-16)11-37-43(33,34)41-44(35,36)40-42(30,31)32/h10,13-14,16,26H,6-9,11H2,1-3H3,(H,22,27)(H,23,29)(H,33,34)(H,35,36)(H2,21,24,28)(H2,30,31,32). The largest absolute Gasteiger partial charge is 0.490 e. The van der Waals surface area contributed by atoms with Crippen molar-refractivity contribution < 1.29 is 70.6 Å². The van der Waals surface area contributed by atoms with E-state index in [0.29, 0.717) is 0 Å². The Morgan fingerprint density at radius 1 is 1.16 bits per heavy atom. The Kier molecular flexibility index (Phi) is 12.8. The van der Waals surface area contributed by atoms with Crippen molar-refractivity contribution in [3.05, 3.63) is 22.2 Å². The van der Waals surface area contributed by atoms with Gasteiger partial charge in [-0.25, -0.2) is 23.3 Å². The van der Waals surface area contributed by atoms with Crippen molar-refractivity contribution >= 4 is 41.3 Å². The zero-order chi connectivity index (χ0) is 33.5. The number of carbonyl (C=O) groups is 2. The number of ether oxygens (including phenoxy) is 2. The van der Waals surface area contributed by atoms with E-state index in [0.717, 1.165) is 10.8 Å². The van der Waals surface area contributed by atoms with Gasteiger partial charge in [0.1, 0.15) is 23.8 Å². The Hall–Kier alpha value is -2.69. The summed E-state index contributed by atoms with van der Waals surface area (Å²) in [7, 11) is -16.8. The highest BCUT2D eigenvalue weighted by Crippen LogP contribution is 2.66. The number of aliphatic hydroxyl groups excluding tert-OH is 1. The highest BCUT2D eigenvalue weighted by atomic mass is 31.3. The van der Waals surface area contributed by atoms with Crippen LogP contribution in [0, 0.1) is 11.8 Å². The average Bonchev–Trinajstić information content (AvgIpc) is 3.18. The number of nitrogens with two attached hydrogens (primary N) is 1. The lowest BCUT2D eigenvalue weighted by molar-refractivity contribution is -0.120. The molecule has 1 aromatic heterocycles. The Labute approximate surface area is 249 Å². The average molecular weight is 691 g/mol. The Balaban J connectivity index is 1.95. The van der Waals surface area contributed by atoms with Crippen LogP contribution in [0.25, 0.3) is 0 Å². The number of phosphoric acid groups is 3. The summed E-state index contributed by atoms with van der Waals surface area (Å²) < 4.78 is 57.2. The number of aliphatic hydroxyl groups is 1. The van der Waals surface area contributed by atoms with Gasteiger partial charge in [0.2, 0.25) is 5.91 Å². The van der Waals surface area contributed by atoms with E-state index in [1.165, 1.54) is 0 Å². The van der Waals surface area contributed by atoms with Crippen molar-refractivity contribution in [1.82, 2.24) is 20.2 Å². The van der Waals surface area contributed by atoms with Crippen LogP contribution in [0.15, 0.2) is 11.0 Å². The Morgan fingerprint density at radius 2 is 1.82 bits per heavy atom. The topological polar surface area (TPSA) is 318 Å². The summed E-state index contributed by atoms with van der Waals surface area (Å²) in [6.07, 6.45) is -3.86. The second-order valence-electron chi connectivity index (χ2n) is 9.81. The Morgan fingerprint density at radius 3 is 2.43 bits per heavy atom. The van der Waals surface area contributed by atoms with Crippen LogP contribution in [0.2, 0.25) is 0 Å². The zero-order valence-electron chi connectivity index (χ0n) is 23.4. The maximum absolute atomic E-state index is 12.4. The van der Waals surface area contributed by atoms with Gasteiger partial charge < -0.3 is 50.5 Å². The molecule has 1 saturated heterocycles. The molecular weight excluding hydrogens is 659 g/mol. The van der Waals surface area contributed by atoms with Gasteiger partial charge >= 0.3 is 35.3 Å². The number of carbonyl (C=O) groups excluding carboxylic acids is 2. The third kappa shape index (κ3) is 13.5. The number of alkyl carbamates (subject to hydrolysis) is 1. The minimum absolute atomic E-state index is 0.0193. The Bertz CT molecular complexity index is 1480. The number of nitrogens with one attached hydrogen (secondary N) is 2. The molecule has 5 atom stereocenters. The van der Waals surface area contributed by atoms with Crippen LogP contribution in [-0.2, 0) is 41.1 Å². The molecule has 0 radical (unpaired) electrons. The van der Waals surface area contributed by atoms with Crippen molar-refractivity contribution in [2.24, 2.45) is 0 Å². The first kappa shape index (κ1) is 37.5. The monoisotopic (exact) mass is 691 g/mol. The number of nitrogen functional groups attached to an aromatic ring is 1. The third-order valence-corrected chi connectivity index (χ3v) is 8.73. The van der Waals surface area contributed by atoms with E-state index in [-0.39, 0.29) is 37.3 Å². The first-order valence-corrected chi connectivity index (χ1v) is 16.8. The van der Waals surface area contributed by atoms with E-state index in [1.807, 2.05) is 0 Å². The highest BCUT2D eigenvalue weighted by molar-refractivity contribution is 7.66. The summed E-state index contributed by atoms with van der Waals surface area (Å²) in [5.74, 6) is 4.55. The number of hydrogen-bond donors (Lipinski definition) is 8. The molecule has 248 valence electrons. The van der Waals surface area contributed by atoms with Crippen LogP contribution in [0.1, 0.15) is 45.4 Å². The molecule has 0 saturated carbocycles. The molecule has 1 aromatic rings. The molecule has 1 aliphatic heterocycles. The van der Waals surface area contributed by atoms with Crippen LogP contribution in [0.3, 0.4) is 0 Å². The molecule has 0 spiro atoms. The van der Waals surface area contributed by atoms with Crippen LogP contribution >= 0.6 is 23.5 Å². The number of aromatic nitrogens is 2. The van der Waals surface area contributed by atoms with Gasteiger partial charge in [-0.05, 0) is 20.8 Å². The number of phosphoric ester groups is 1. The summed E-state index contributed by atoms with van der Waals surface area (Å²) in [5, 5.41) is 15.2. The molecule has 9 N–H and O–H groups in total. The first-order valence-electron chi connectivity index (χ1n) is 12.3. The molecule has 2 rings (SSSR count). The molecule has 5 unspecified atom stereocenters. The van der Waals surface area contributed by atoms with Crippen molar-refractivity contribution in [3.63, 3.8) is 0 Å². The van der Waals surface area contributed by atoms with Gasteiger partial charge in [0.25, 0.3) is 0 Å². The number of nitrogens with zero attached hydrogens (tertiary/aromatic N) is 2. The van der Waals surface area contributed by atoms with E-state index < -0.39 is 71.8 Å². The minimum Gasteiger partial charge on any atom is -0.444 e. The third-order valence-electron chi connectivity index (χ3n) is 4.93. The SMILES string of the molecule is CC(C)(C)OC(=O)NCCC(=O)NCC#Cc1cn(C2CC(O)C(COP(=O)(O)OP(=O)(O)OP(=O)(O)O)O2)c(=O)nc1N. The maximum Gasteiger partial charge on any atom is 0.490 e. The van der Waals surface area contributed by atoms with Crippen LogP contribution in [-0.4, -0.2) is 83.7 Å². The normalized spacial score (nSPS) is 21.3.